The largest absolute Gasteiger partial charge is 0.472 e. The molecule has 2 aromatic rings. The van der Waals surface area contributed by atoms with Gasteiger partial charge in [-0.05, 0) is 37.3 Å². The van der Waals surface area contributed by atoms with E-state index in [9.17, 15) is 0 Å². The summed E-state index contributed by atoms with van der Waals surface area (Å²) in [4.78, 5) is 8.56. The molecule has 1 unspecified atom stereocenters. The third kappa shape index (κ3) is 2.12. The average molecular weight is 249 g/mol. The summed E-state index contributed by atoms with van der Waals surface area (Å²) in [5.41, 5.74) is 2.21. The lowest BCUT2D eigenvalue weighted by Crippen LogP contribution is -2.37. The Bertz CT molecular complexity index is 519. The number of piperidine rings is 1. The summed E-state index contributed by atoms with van der Waals surface area (Å²) < 4.78 is 7.04. The number of ether oxygens (including phenoxy) is 1. The molecule has 0 bridgehead atoms. The lowest BCUT2D eigenvalue weighted by atomic mass is 10.1. The number of aryl methyl sites for hydroxylation is 1. The van der Waals surface area contributed by atoms with E-state index in [4.69, 9.17) is 4.74 Å². The van der Waals surface area contributed by atoms with Crippen molar-refractivity contribution in [1.29, 1.82) is 0 Å². The van der Waals surface area contributed by atoms with Crippen LogP contribution in [-0.4, -0.2) is 29.2 Å². The normalized spacial score (nSPS) is 20.6. The van der Waals surface area contributed by atoms with Gasteiger partial charge in [0, 0.05) is 6.54 Å². The minimum absolute atomic E-state index is 0.240. The van der Waals surface area contributed by atoms with Crippen LogP contribution in [0, 0.1) is 6.92 Å². The van der Waals surface area contributed by atoms with Gasteiger partial charge in [-0.2, -0.15) is 0 Å². The van der Waals surface area contributed by atoms with Crippen molar-refractivity contribution in [2.45, 2.75) is 25.9 Å². The van der Waals surface area contributed by atoms with Crippen LogP contribution in [0.15, 0.2) is 11.7 Å². The zero-order valence-corrected chi connectivity index (χ0v) is 10.6. The van der Waals surface area contributed by atoms with Crippen molar-refractivity contribution in [3.8, 4) is 5.88 Å². The van der Waals surface area contributed by atoms with Crippen molar-refractivity contribution in [3.63, 3.8) is 0 Å². The molecule has 3 heterocycles. The van der Waals surface area contributed by atoms with E-state index in [1.165, 1.54) is 12.0 Å². The van der Waals surface area contributed by atoms with Crippen LogP contribution in [0.25, 0.3) is 10.2 Å². The number of hydrogen-bond donors (Lipinski definition) is 1. The number of thiophene rings is 1. The van der Waals surface area contributed by atoms with E-state index in [1.807, 2.05) is 0 Å². The van der Waals surface area contributed by atoms with E-state index < -0.39 is 0 Å². The minimum Gasteiger partial charge on any atom is -0.472 e. The molecule has 1 aliphatic rings. The van der Waals surface area contributed by atoms with Gasteiger partial charge < -0.3 is 10.1 Å². The van der Waals surface area contributed by atoms with Crippen molar-refractivity contribution in [2.75, 3.05) is 13.1 Å². The Hall–Kier alpha value is -1.20. The van der Waals surface area contributed by atoms with Crippen LogP contribution in [0.1, 0.15) is 18.4 Å². The van der Waals surface area contributed by atoms with Crippen LogP contribution in [0.2, 0.25) is 0 Å². The lowest BCUT2D eigenvalue weighted by molar-refractivity contribution is 0.163. The van der Waals surface area contributed by atoms with E-state index >= 15 is 0 Å². The molecule has 3 rings (SSSR count). The second-order valence-electron chi connectivity index (χ2n) is 4.36. The quantitative estimate of drug-likeness (QED) is 0.885. The highest BCUT2D eigenvalue weighted by atomic mass is 32.1. The Morgan fingerprint density at radius 3 is 3.24 bits per heavy atom. The second kappa shape index (κ2) is 4.58. The molecular weight excluding hydrogens is 234 g/mol. The molecule has 1 N–H and O–H groups in total. The second-order valence-corrected chi connectivity index (χ2v) is 5.24. The number of rotatable bonds is 2. The van der Waals surface area contributed by atoms with Crippen LogP contribution in [-0.2, 0) is 0 Å². The number of fused-ring (bicyclic) bond motifs is 1. The molecule has 0 amide bonds. The number of nitrogens with zero attached hydrogens (tertiary/aromatic N) is 2. The van der Waals surface area contributed by atoms with Gasteiger partial charge in [-0.3, -0.25) is 0 Å². The number of nitrogens with one attached hydrogen (secondary N) is 1. The summed E-state index contributed by atoms with van der Waals surface area (Å²) in [5.74, 6) is 0.738. The Labute approximate surface area is 104 Å². The smallest absolute Gasteiger partial charge is 0.235 e. The summed E-state index contributed by atoms with van der Waals surface area (Å²) in [6.07, 6.45) is 4.10. The molecule has 1 aliphatic heterocycles. The topological polar surface area (TPSA) is 47.0 Å². The van der Waals surface area contributed by atoms with Crippen molar-refractivity contribution < 1.29 is 4.74 Å². The van der Waals surface area contributed by atoms with E-state index in [-0.39, 0.29) is 6.10 Å². The van der Waals surface area contributed by atoms with Gasteiger partial charge in [-0.1, -0.05) is 0 Å². The molecule has 4 nitrogen and oxygen atoms in total. The Balaban J connectivity index is 1.89. The molecule has 90 valence electrons. The molecular formula is C12H15N3OS. The molecule has 0 aromatic carbocycles. The molecule has 0 aliphatic carbocycles. The highest BCUT2D eigenvalue weighted by molar-refractivity contribution is 7.17. The van der Waals surface area contributed by atoms with Crippen LogP contribution < -0.4 is 10.1 Å². The zero-order chi connectivity index (χ0) is 11.7. The van der Waals surface area contributed by atoms with Crippen molar-refractivity contribution in [1.82, 2.24) is 15.3 Å². The molecule has 5 heteroatoms. The van der Waals surface area contributed by atoms with Gasteiger partial charge in [0.2, 0.25) is 5.88 Å². The maximum atomic E-state index is 5.98. The Morgan fingerprint density at radius 1 is 1.47 bits per heavy atom. The van der Waals surface area contributed by atoms with E-state index in [1.54, 1.807) is 17.7 Å². The van der Waals surface area contributed by atoms with Crippen LogP contribution in [0.4, 0.5) is 0 Å². The Kier molecular flexibility index (Phi) is 2.94. The van der Waals surface area contributed by atoms with Crippen molar-refractivity contribution in [2.24, 2.45) is 0 Å². The lowest BCUT2D eigenvalue weighted by Gasteiger charge is -2.23. The molecule has 1 saturated heterocycles. The van der Waals surface area contributed by atoms with Gasteiger partial charge in [0.05, 0.1) is 5.52 Å². The Morgan fingerprint density at radius 2 is 2.41 bits per heavy atom. The first-order valence-corrected chi connectivity index (χ1v) is 6.79. The number of hydrogen-bond acceptors (Lipinski definition) is 5. The van der Waals surface area contributed by atoms with Gasteiger partial charge in [-0.25, -0.2) is 9.97 Å². The monoisotopic (exact) mass is 249 g/mol. The van der Waals surface area contributed by atoms with Gasteiger partial charge >= 0.3 is 0 Å². The minimum atomic E-state index is 0.240. The summed E-state index contributed by atoms with van der Waals surface area (Å²) in [6.45, 7) is 4.07. The summed E-state index contributed by atoms with van der Waals surface area (Å²) in [7, 11) is 0. The molecule has 17 heavy (non-hydrogen) atoms. The van der Waals surface area contributed by atoms with Crippen LogP contribution in [0.3, 0.4) is 0 Å². The number of aromatic nitrogens is 2. The van der Waals surface area contributed by atoms with Gasteiger partial charge in [-0.15, -0.1) is 11.3 Å². The zero-order valence-electron chi connectivity index (χ0n) is 9.77. The van der Waals surface area contributed by atoms with E-state index in [0.29, 0.717) is 0 Å². The van der Waals surface area contributed by atoms with Gasteiger partial charge in [0.25, 0.3) is 0 Å². The first kappa shape index (κ1) is 10.9. The van der Waals surface area contributed by atoms with Gasteiger partial charge in [0.1, 0.15) is 17.1 Å². The summed E-state index contributed by atoms with van der Waals surface area (Å²) in [5, 5.41) is 5.45. The van der Waals surface area contributed by atoms with E-state index in [2.05, 4.69) is 27.6 Å². The fraction of sp³-hybridized carbons (Fsp3) is 0.500. The maximum absolute atomic E-state index is 5.98. The first-order valence-electron chi connectivity index (χ1n) is 5.91. The molecule has 0 spiro atoms. The predicted molar refractivity (Wildman–Crippen MR) is 68.7 cm³/mol. The molecule has 0 saturated carbocycles. The summed E-state index contributed by atoms with van der Waals surface area (Å²) in [6, 6.07) is 0. The predicted octanol–water partition coefficient (Wildman–Crippen LogP) is 2.13. The third-order valence-electron chi connectivity index (χ3n) is 3.03. The fourth-order valence-corrected chi connectivity index (χ4v) is 3.04. The molecule has 1 fully saturated rings. The molecule has 2 aromatic heterocycles. The maximum Gasteiger partial charge on any atom is 0.235 e. The van der Waals surface area contributed by atoms with Crippen molar-refractivity contribution in [3.05, 3.63) is 17.3 Å². The standard InChI is InChI=1S/C12H15N3OS/c1-8-6-17-11-10(8)14-7-15-12(11)16-9-3-2-4-13-5-9/h6-7,9,13H,2-5H2,1H3. The highest BCUT2D eigenvalue weighted by Gasteiger charge is 2.17. The molecule has 1 atom stereocenters. The van der Waals surface area contributed by atoms with Crippen molar-refractivity contribution >= 4 is 21.6 Å². The fourth-order valence-electron chi connectivity index (χ4n) is 2.11. The van der Waals surface area contributed by atoms with Crippen LogP contribution >= 0.6 is 11.3 Å². The summed E-state index contributed by atoms with van der Waals surface area (Å²) >= 11 is 1.66. The average Bonchev–Trinajstić information content (AvgIpc) is 2.74. The SMILES string of the molecule is Cc1csc2c(OC3CCCNC3)ncnc12. The highest BCUT2D eigenvalue weighted by Crippen LogP contribution is 2.30. The van der Waals surface area contributed by atoms with Gasteiger partial charge in [0.15, 0.2) is 0 Å². The third-order valence-corrected chi connectivity index (χ3v) is 4.10. The molecule has 0 radical (unpaired) electrons. The first-order chi connectivity index (χ1) is 8.34. The van der Waals surface area contributed by atoms with Crippen LogP contribution in [0.5, 0.6) is 5.88 Å². The van der Waals surface area contributed by atoms with E-state index in [0.717, 1.165) is 35.6 Å².